The summed E-state index contributed by atoms with van der Waals surface area (Å²) in [6.07, 6.45) is 0. The zero-order valence-electron chi connectivity index (χ0n) is 18.1. The Morgan fingerprint density at radius 1 is 1.13 bits per heavy atom. The Balaban J connectivity index is 2.53. The average molecular weight is 418 g/mol. The fraction of sp³-hybridized carbons (Fsp3) is 0.429. The standard InChI is InChI=1S/C21H27N3O6/c1-13-17(20(25)29-6)19(15-8-7-9-16(12-15)23(27)28)18(14(2)22-13)21(26)30-11-10-24(3,4)5/h7-9,12,19H,10-11H2,1-6H3/p+1/t19-/m0/s1. The van der Waals surface area contributed by atoms with Gasteiger partial charge in [0.2, 0.25) is 0 Å². The molecule has 0 saturated heterocycles. The number of esters is 2. The number of ether oxygens (including phenoxy) is 2. The van der Waals surface area contributed by atoms with Gasteiger partial charge in [-0.3, -0.25) is 10.1 Å². The van der Waals surface area contributed by atoms with Crippen molar-refractivity contribution in [2.75, 3.05) is 41.4 Å². The number of nitrogens with zero attached hydrogens (tertiary/aromatic N) is 2. The van der Waals surface area contributed by atoms with Crippen LogP contribution >= 0.6 is 0 Å². The van der Waals surface area contributed by atoms with E-state index in [1.807, 2.05) is 21.1 Å². The van der Waals surface area contributed by atoms with E-state index in [1.54, 1.807) is 19.9 Å². The van der Waals surface area contributed by atoms with Crippen LogP contribution in [-0.4, -0.2) is 62.7 Å². The summed E-state index contributed by atoms with van der Waals surface area (Å²) < 4.78 is 11.0. The predicted molar refractivity (Wildman–Crippen MR) is 110 cm³/mol. The molecule has 0 unspecified atom stereocenters. The minimum Gasteiger partial charge on any atom is -0.466 e. The number of carbonyl (C=O) groups is 2. The zero-order valence-corrected chi connectivity index (χ0v) is 18.1. The van der Waals surface area contributed by atoms with E-state index in [0.717, 1.165) is 0 Å². The largest absolute Gasteiger partial charge is 0.466 e. The van der Waals surface area contributed by atoms with Gasteiger partial charge in [-0.25, -0.2) is 9.59 Å². The summed E-state index contributed by atoms with van der Waals surface area (Å²) in [5.74, 6) is -2.06. The first kappa shape index (κ1) is 23.1. The van der Waals surface area contributed by atoms with Gasteiger partial charge in [0.15, 0.2) is 0 Å². The van der Waals surface area contributed by atoms with Gasteiger partial charge < -0.3 is 19.3 Å². The van der Waals surface area contributed by atoms with Crippen molar-refractivity contribution in [3.8, 4) is 0 Å². The maximum Gasteiger partial charge on any atom is 0.336 e. The molecule has 1 aromatic carbocycles. The number of hydrogen-bond donors (Lipinski definition) is 1. The van der Waals surface area contributed by atoms with E-state index >= 15 is 0 Å². The number of dihydropyridines is 1. The summed E-state index contributed by atoms with van der Waals surface area (Å²) in [6.45, 7) is 4.19. The number of hydrogen-bond acceptors (Lipinski definition) is 7. The number of likely N-dealkylation sites (N-methyl/N-ethyl adjacent to an activating group) is 1. The minimum absolute atomic E-state index is 0.136. The summed E-state index contributed by atoms with van der Waals surface area (Å²) in [5.41, 5.74) is 1.77. The second-order valence-electron chi connectivity index (χ2n) is 8.13. The summed E-state index contributed by atoms with van der Waals surface area (Å²) in [5, 5.41) is 14.3. The SMILES string of the molecule is COC(=O)C1=C(C)NC(C)=C(C(=O)OCC[N+](C)(C)C)[C@H]1c1cccc([N+](=O)[O-])c1. The highest BCUT2D eigenvalue weighted by Gasteiger charge is 2.38. The molecule has 2 rings (SSSR count). The third-order valence-corrected chi connectivity index (χ3v) is 4.80. The van der Waals surface area contributed by atoms with Crippen LogP contribution < -0.4 is 5.32 Å². The topological polar surface area (TPSA) is 108 Å². The van der Waals surface area contributed by atoms with Crippen molar-refractivity contribution in [3.63, 3.8) is 0 Å². The zero-order chi connectivity index (χ0) is 22.6. The second-order valence-corrected chi connectivity index (χ2v) is 8.13. The van der Waals surface area contributed by atoms with Gasteiger partial charge in [0.25, 0.3) is 5.69 Å². The maximum absolute atomic E-state index is 13.0. The smallest absolute Gasteiger partial charge is 0.336 e. The maximum atomic E-state index is 13.0. The molecule has 1 heterocycles. The predicted octanol–water partition coefficient (Wildman–Crippen LogP) is 2.25. The molecule has 0 radical (unpaired) electrons. The lowest BCUT2D eigenvalue weighted by atomic mass is 9.80. The Kier molecular flexibility index (Phi) is 6.99. The molecule has 0 saturated carbocycles. The van der Waals surface area contributed by atoms with Gasteiger partial charge >= 0.3 is 11.9 Å². The van der Waals surface area contributed by atoms with Crippen molar-refractivity contribution in [2.24, 2.45) is 0 Å². The molecule has 9 nitrogen and oxygen atoms in total. The van der Waals surface area contributed by atoms with Crippen LogP contribution in [0.25, 0.3) is 0 Å². The molecule has 1 aromatic rings. The molecule has 9 heteroatoms. The van der Waals surface area contributed by atoms with Crippen molar-refractivity contribution in [1.29, 1.82) is 0 Å². The molecule has 1 aliphatic heterocycles. The molecule has 0 fully saturated rings. The van der Waals surface area contributed by atoms with Gasteiger partial charge in [-0.1, -0.05) is 12.1 Å². The molecule has 0 bridgehead atoms. The Morgan fingerprint density at radius 3 is 2.27 bits per heavy atom. The molecule has 0 spiro atoms. The average Bonchev–Trinajstić information content (AvgIpc) is 2.65. The molecule has 0 aromatic heterocycles. The number of benzene rings is 1. The van der Waals surface area contributed by atoms with E-state index in [4.69, 9.17) is 9.47 Å². The van der Waals surface area contributed by atoms with Gasteiger partial charge in [0.1, 0.15) is 13.2 Å². The van der Waals surface area contributed by atoms with E-state index < -0.39 is 22.8 Å². The molecule has 162 valence electrons. The Hall–Kier alpha value is -3.20. The third-order valence-electron chi connectivity index (χ3n) is 4.80. The second kappa shape index (κ2) is 9.08. The Bertz CT molecular complexity index is 927. The van der Waals surface area contributed by atoms with Crippen molar-refractivity contribution in [1.82, 2.24) is 5.32 Å². The molecule has 0 aliphatic carbocycles. The first-order valence-electron chi connectivity index (χ1n) is 9.45. The lowest BCUT2D eigenvalue weighted by Gasteiger charge is -2.30. The monoisotopic (exact) mass is 418 g/mol. The molecular weight excluding hydrogens is 390 g/mol. The Morgan fingerprint density at radius 2 is 1.73 bits per heavy atom. The summed E-state index contributed by atoms with van der Waals surface area (Å²) in [6, 6.07) is 5.88. The van der Waals surface area contributed by atoms with Gasteiger partial charge in [0, 0.05) is 23.5 Å². The van der Waals surface area contributed by atoms with Crippen LogP contribution in [-0.2, 0) is 19.1 Å². The number of quaternary nitrogens is 1. The first-order chi connectivity index (χ1) is 14.0. The number of allylic oxidation sites excluding steroid dienone is 2. The lowest BCUT2D eigenvalue weighted by Crippen LogP contribution is -2.38. The van der Waals surface area contributed by atoms with E-state index in [2.05, 4.69) is 5.32 Å². The highest BCUT2D eigenvalue weighted by molar-refractivity contribution is 5.99. The quantitative estimate of drug-likeness (QED) is 0.313. The van der Waals surface area contributed by atoms with E-state index in [0.29, 0.717) is 28.0 Å². The van der Waals surface area contributed by atoms with Crippen LogP contribution in [0.2, 0.25) is 0 Å². The van der Waals surface area contributed by atoms with Crippen LogP contribution in [0.3, 0.4) is 0 Å². The summed E-state index contributed by atoms with van der Waals surface area (Å²) in [4.78, 5) is 36.3. The van der Waals surface area contributed by atoms with Crippen molar-refractivity contribution < 1.29 is 28.5 Å². The van der Waals surface area contributed by atoms with E-state index in [1.165, 1.54) is 25.3 Å². The van der Waals surface area contributed by atoms with Crippen LogP contribution in [0.15, 0.2) is 46.8 Å². The minimum atomic E-state index is -0.852. The number of non-ortho nitro benzene ring substituents is 1. The molecule has 1 N–H and O–H groups in total. The lowest BCUT2D eigenvalue weighted by molar-refractivity contribution is -0.870. The number of nitrogens with one attached hydrogen (secondary N) is 1. The van der Waals surface area contributed by atoms with Crippen molar-refractivity contribution in [3.05, 3.63) is 62.5 Å². The molecule has 1 aliphatic rings. The molecule has 1 atom stereocenters. The Labute approximate surface area is 175 Å². The van der Waals surface area contributed by atoms with Crippen LogP contribution in [0.4, 0.5) is 5.69 Å². The molecular formula is C21H28N3O6+. The number of rotatable bonds is 7. The number of methoxy groups -OCH3 is 1. The fourth-order valence-corrected chi connectivity index (χ4v) is 3.29. The highest BCUT2D eigenvalue weighted by Crippen LogP contribution is 2.40. The van der Waals surface area contributed by atoms with Gasteiger partial charge in [-0.05, 0) is 19.4 Å². The van der Waals surface area contributed by atoms with Crippen molar-refractivity contribution >= 4 is 17.6 Å². The van der Waals surface area contributed by atoms with Crippen LogP contribution in [0.5, 0.6) is 0 Å². The number of carbonyl (C=O) groups excluding carboxylic acids is 2. The fourth-order valence-electron chi connectivity index (χ4n) is 3.29. The van der Waals surface area contributed by atoms with Crippen LogP contribution in [0, 0.1) is 10.1 Å². The number of nitro benzene ring substituents is 1. The third kappa shape index (κ3) is 5.24. The summed E-state index contributed by atoms with van der Waals surface area (Å²) >= 11 is 0. The van der Waals surface area contributed by atoms with Gasteiger partial charge in [-0.15, -0.1) is 0 Å². The first-order valence-corrected chi connectivity index (χ1v) is 9.45. The van der Waals surface area contributed by atoms with E-state index in [-0.39, 0.29) is 23.4 Å². The molecule has 0 amide bonds. The van der Waals surface area contributed by atoms with Gasteiger partial charge in [-0.2, -0.15) is 0 Å². The number of nitro groups is 1. The van der Waals surface area contributed by atoms with E-state index in [9.17, 15) is 19.7 Å². The highest BCUT2D eigenvalue weighted by atomic mass is 16.6. The summed E-state index contributed by atoms with van der Waals surface area (Å²) in [7, 11) is 7.19. The van der Waals surface area contributed by atoms with Gasteiger partial charge in [0.05, 0.1) is 50.2 Å². The normalized spacial score (nSPS) is 16.8. The molecule has 30 heavy (non-hydrogen) atoms. The van der Waals surface area contributed by atoms with Crippen molar-refractivity contribution in [2.45, 2.75) is 19.8 Å². The van der Waals surface area contributed by atoms with Crippen LogP contribution in [0.1, 0.15) is 25.3 Å².